The summed E-state index contributed by atoms with van der Waals surface area (Å²) in [6, 6.07) is 8.62. The summed E-state index contributed by atoms with van der Waals surface area (Å²) in [6.07, 6.45) is 4.45. The van der Waals surface area contributed by atoms with E-state index in [1.54, 1.807) is 0 Å². The van der Waals surface area contributed by atoms with Crippen LogP contribution in [-0.4, -0.2) is 5.71 Å². The van der Waals surface area contributed by atoms with Gasteiger partial charge in [0, 0.05) is 12.0 Å². The highest BCUT2D eigenvalue weighted by atomic mass is 16.7. The van der Waals surface area contributed by atoms with Crippen molar-refractivity contribution in [3.63, 3.8) is 0 Å². The van der Waals surface area contributed by atoms with Gasteiger partial charge in [-0.3, -0.25) is 0 Å². The van der Waals surface area contributed by atoms with Crippen LogP contribution in [0, 0.1) is 0 Å². The molecule has 1 heterocycles. The van der Waals surface area contributed by atoms with Gasteiger partial charge in [0.2, 0.25) is 0 Å². The molecule has 1 aliphatic heterocycles. The summed E-state index contributed by atoms with van der Waals surface area (Å²) >= 11 is 0. The van der Waals surface area contributed by atoms with Gasteiger partial charge < -0.3 is 4.84 Å². The lowest BCUT2D eigenvalue weighted by atomic mass is 9.77. The lowest BCUT2D eigenvalue weighted by Crippen LogP contribution is -2.30. The van der Waals surface area contributed by atoms with E-state index in [4.69, 9.17) is 4.84 Å². The Morgan fingerprint density at radius 2 is 2.20 bits per heavy atom. The van der Waals surface area contributed by atoms with Crippen LogP contribution in [0.2, 0.25) is 0 Å². The van der Waals surface area contributed by atoms with Crippen LogP contribution in [0.1, 0.15) is 37.3 Å². The lowest BCUT2D eigenvalue weighted by molar-refractivity contribution is -0.0362. The maximum absolute atomic E-state index is 5.71. The van der Waals surface area contributed by atoms with Gasteiger partial charge >= 0.3 is 0 Å². The van der Waals surface area contributed by atoms with E-state index in [2.05, 4.69) is 29.4 Å². The Hall–Kier alpha value is -1.31. The van der Waals surface area contributed by atoms with Gasteiger partial charge in [0.05, 0.1) is 5.71 Å². The zero-order valence-corrected chi connectivity index (χ0v) is 8.99. The maximum atomic E-state index is 5.71. The minimum atomic E-state index is -0.126. The minimum absolute atomic E-state index is 0.126. The third-order valence-corrected chi connectivity index (χ3v) is 3.45. The second-order valence-corrected chi connectivity index (χ2v) is 4.60. The fraction of sp³-hybridized carbons (Fsp3) is 0.462. The predicted octanol–water partition coefficient (Wildman–Crippen LogP) is 3.01. The molecule has 1 aliphatic carbocycles. The predicted molar refractivity (Wildman–Crippen MR) is 59.9 cm³/mol. The van der Waals surface area contributed by atoms with Crippen molar-refractivity contribution in [1.29, 1.82) is 0 Å². The van der Waals surface area contributed by atoms with Crippen molar-refractivity contribution in [1.82, 2.24) is 0 Å². The molecule has 0 bridgehead atoms. The summed E-state index contributed by atoms with van der Waals surface area (Å²) in [5.41, 5.74) is 3.79. The second-order valence-electron chi connectivity index (χ2n) is 4.60. The lowest BCUT2D eigenvalue weighted by Gasteiger charge is -2.33. The van der Waals surface area contributed by atoms with Crippen LogP contribution in [0.4, 0.5) is 0 Å². The first-order valence-electron chi connectivity index (χ1n) is 5.60. The third kappa shape index (κ3) is 1.28. The van der Waals surface area contributed by atoms with E-state index in [0.717, 1.165) is 18.6 Å². The largest absolute Gasteiger partial charge is 0.384 e. The van der Waals surface area contributed by atoms with Crippen molar-refractivity contribution < 1.29 is 4.84 Å². The molecule has 0 saturated heterocycles. The molecule has 3 rings (SSSR count). The van der Waals surface area contributed by atoms with Gasteiger partial charge in [-0.15, -0.1) is 0 Å². The van der Waals surface area contributed by atoms with E-state index in [1.165, 1.54) is 24.0 Å². The van der Waals surface area contributed by atoms with Gasteiger partial charge in [-0.1, -0.05) is 29.4 Å². The van der Waals surface area contributed by atoms with E-state index in [9.17, 15) is 0 Å². The summed E-state index contributed by atoms with van der Waals surface area (Å²) in [7, 11) is 0. The molecule has 2 heteroatoms. The first-order valence-corrected chi connectivity index (χ1v) is 5.60. The molecule has 0 aromatic heterocycles. The molecule has 0 radical (unpaired) electrons. The summed E-state index contributed by atoms with van der Waals surface area (Å²) < 4.78 is 0. The maximum Gasteiger partial charge on any atom is 0.168 e. The molecule has 1 atom stereocenters. The summed E-state index contributed by atoms with van der Waals surface area (Å²) in [5.74, 6) is 0. The normalized spacial score (nSPS) is 28.5. The van der Waals surface area contributed by atoms with Gasteiger partial charge in [-0.25, -0.2) is 0 Å². The number of oxime groups is 1. The number of nitrogens with zero attached hydrogens (tertiary/aromatic N) is 1. The van der Waals surface area contributed by atoms with Gasteiger partial charge in [0.25, 0.3) is 0 Å². The average Bonchev–Trinajstić information content (AvgIpc) is 2.62. The van der Waals surface area contributed by atoms with Crippen molar-refractivity contribution in [3.05, 3.63) is 35.4 Å². The van der Waals surface area contributed by atoms with Gasteiger partial charge in [0.1, 0.15) is 0 Å². The number of benzene rings is 1. The first-order chi connectivity index (χ1) is 7.30. The SMILES string of the molecule is CC1=NOC2(CCCc3ccccc32)C1. The van der Waals surface area contributed by atoms with E-state index in [1.807, 2.05) is 6.92 Å². The number of hydrogen-bond donors (Lipinski definition) is 0. The summed E-state index contributed by atoms with van der Waals surface area (Å²) in [5, 5.41) is 4.13. The molecule has 15 heavy (non-hydrogen) atoms. The molecule has 1 aromatic carbocycles. The molecule has 2 nitrogen and oxygen atoms in total. The van der Waals surface area contributed by atoms with Crippen LogP contribution in [0.15, 0.2) is 29.4 Å². The Morgan fingerprint density at radius 3 is 3.00 bits per heavy atom. The Kier molecular flexibility index (Phi) is 1.84. The molecule has 2 aliphatic rings. The number of hydrogen-bond acceptors (Lipinski definition) is 2. The van der Waals surface area contributed by atoms with Crippen LogP contribution in [0.3, 0.4) is 0 Å². The highest BCUT2D eigenvalue weighted by molar-refractivity contribution is 5.84. The molecule has 1 unspecified atom stereocenters. The zero-order valence-electron chi connectivity index (χ0n) is 8.99. The highest BCUT2D eigenvalue weighted by Crippen LogP contribution is 2.44. The summed E-state index contributed by atoms with van der Waals surface area (Å²) in [6.45, 7) is 2.05. The van der Waals surface area contributed by atoms with Crippen molar-refractivity contribution in [3.8, 4) is 0 Å². The van der Waals surface area contributed by atoms with E-state index in [-0.39, 0.29) is 5.60 Å². The van der Waals surface area contributed by atoms with Crippen LogP contribution < -0.4 is 0 Å². The van der Waals surface area contributed by atoms with Crippen molar-refractivity contribution in [2.75, 3.05) is 0 Å². The molecule has 0 N–H and O–H groups in total. The Morgan fingerprint density at radius 1 is 1.33 bits per heavy atom. The standard InChI is InChI=1S/C13H15NO/c1-10-9-13(15-14-10)8-4-6-11-5-2-3-7-12(11)13/h2-3,5,7H,4,6,8-9H2,1H3. The Bertz CT molecular complexity index is 424. The smallest absolute Gasteiger partial charge is 0.168 e. The quantitative estimate of drug-likeness (QED) is 0.632. The topological polar surface area (TPSA) is 21.6 Å². The van der Waals surface area contributed by atoms with Crippen LogP contribution >= 0.6 is 0 Å². The molecular formula is C13H15NO. The van der Waals surface area contributed by atoms with E-state index in [0.29, 0.717) is 0 Å². The van der Waals surface area contributed by atoms with Gasteiger partial charge in [-0.2, -0.15) is 0 Å². The zero-order chi connectivity index (χ0) is 10.3. The van der Waals surface area contributed by atoms with Crippen LogP contribution in [0.25, 0.3) is 0 Å². The van der Waals surface area contributed by atoms with Crippen molar-refractivity contribution in [2.45, 2.75) is 38.2 Å². The van der Waals surface area contributed by atoms with Gasteiger partial charge in [-0.05, 0) is 31.7 Å². The van der Waals surface area contributed by atoms with Crippen LogP contribution in [-0.2, 0) is 16.9 Å². The van der Waals surface area contributed by atoms with Gasteiger partial charge in [0.15, 0.2) is 5.60 Å². The molecule has 0 amide bonds. The Balaban J connectivity index is 2.07. The average molecular weight is 201 g/mol. The fourth-order valence-electron chi connectivity index (χ4n) is 2.80. The molecule has 1 aromatic rings. The Labute approximate surface area is 89.9 Å². The molecule has 78 valence electrons. The van der Waals surface area contributed by atoms with Crippen molar-refractivity contribution in [2.24, 2.45) is 5.16 Å². The second kappa shape index (κ2) is 3.09. The molecular weight excluding hydrogens is 186 g/mol. The molecule has 0 fully saturated rings. The number of rotatable bonds is 0. The molecule has 0 saturated carbocycles. The third-order valence-electron chi connectivity index (χ3n) is 3.45. The van der Waals surface area contributed by atoms with Crippen LogP contribution in [0.5, 0.6) is 0 Å². The summed E-state index contributed by atoms with van der Waals surface area (Å²) in [4.78, 5) is 5.71. The number of aryl methyl sites for hydroxylation is 1. The van der Waals surface area contributed by atoms with Crippen molar-refractivity contribution >= 4 is 5.71 Å². The highest BCUT2D eigenvalue weighted by Gasteiger charge is 2.42. The fourth-order valence-corrected chi connectivity index (χ4v) is 2.80. The minimum Gasteiger partial charge on any atom is -0.384 e. The first kappa shape index (κ1) is 8.96. The monoisotopic (exact) mass is 201 g/mol. The number of fused-ring (bicyclic) bond motifs is 2. The van der Waals surface area contributed by atoms with E-state index < -0.39 is 0 Å². The molecule has 1 spiro atoms. The van der Waals surface area contributed by atoms with E-state index >= 15 is 0 Å².